The lowest BCUT2D eigenvalue weighted by Crippen LogP contribution is -2.01. The van der Waals surface area contributed by atoms with E-state index in [1.54, 1.807) is 12.1 Å². The van der Waals surface area contributed by atoms with Crippen LogP contribution >= 0.6 is 11.6 Å². The Morgan fingerprint density at radius 2 is 2.14 bits per heavy atom. The van der Waals surface area contributed by atoms with E-state index in [1.165, 1.54) is 12.1 Å². The fourth-order valence-corrected chi connectivity index (χ4v) is 1.08. The number of hydrogen-bond donors (Lipinski definition) is 1. The van der Waals surface area contributed by atoms with E-state index in [4.69, 9.17) is 16.7 Å². The van der Waals surface area contributed by atoms with Gasteiger partial charge in [-0.2, -0.15) is 0 Å². The Labute approximate surface area is 85.1 Å². The molecule has 5 heteroatoms. The molecule has 4 nitrogen and oxygen atoms in total. The van der Waals surface area contributed by atoms with E-state index in [1.807, 2.05) is 0 Å². The molecule has 1 aromatic carbocycles. The highest BCUT2D eigenvalue weighted by molar-refractivity contribution is 6.61. The Kier molecular flexibility index (Phi) is 3.48. The molecule has 0 aromatic heterocycles. The molecule has 0 unspecified atom stereocenters. The van der Waals surface area contributed by atoms with E-state index >= 15 is 0 Å². The number of benzene rings is 1. The van der Waals surface area contributed by atoms with Gasteiger partial charge in [0.1, 0.15) is 5.75 Å². The smallest absolute Gasteiger partial charge is 0.409 e. The van der Waals surface area contributed by atoms with Gasteiger partial charge in [0, 0.05) is 11.6 Å². The second kappa shape index (κ2) is 4.62. The van der Waals surface area contributed by atoms with Crippen LogP contribution in [0.15, 0.2) is 24.3 Å². The highest BCUT2D eigenvalue weighted by Crippen LogP contribution is 2.14. The van der Waals surface area contributed by atoms with Crippen molar-refractivity contribution in [2.45, 2.75) is 6.42 Å². The minimum absolute atomic E-state index is 0.117. The lowest BCUT2D eigenvalue weighted by atomic mass is 10.1. The lowest BCUT2D eigenvalue weighted by molar-refractivity contribution is -0.136. The van der Waals surface area contributed by atoms with Crippen molar-refractivity contribution in [3.8, 4) is 5.75 Å². The zero-order valence-electron chi connectivity index (χ0n) is 7.07. The first-order chi connectivity index (χ1) is 6.58. The van der Waals surface area contributed by atoms with Gasteiger partial charge in [-0.25, -0.2) is 4.79 Å². The summed E-state index contributed by atoms with van der Waals surface area (Å²) in [7, 11) is 0. The van der Waals surface area contributed by atoms with Crippen molar-refractivity contribution in [3.63, 3.8) is 0 Å². The SMILES string of the molecule is O=C(O)Cc1cccc(OC(=O)Cl)c1. The largest absolute Gasteiger partial charge is 0.481 e. The Bertz CT molecular complexity index is 330. The molecule has 0 aliphatic carbocycles. The van der Waals surface area contributed by atoms with Crippen LogP contribution in [0, 0.1) is 0 Å². The molecule has 0 atom stereocenters. The molecule has 1 rings (SSSR count). The van der Waals surface area contributed by atoms with E-state index in [-0.39, 0.29) is 12.2 Å². The van der Waals surface area contributed by atoms with E-state index in [9.17, 15) is 9.59 Å². The van der Waals surface area contributed by atoms with Crippen LogP contribution in [0.3, 0.4) is 0 Å². The van der Waals surface area contributed by atoms with Crippen molar-refractivity contribution in [1.29, 1.82) is 0 Å². The summed E-state index contributed by atoms with van der Waals surface area (Å²) < 4.78 is 4.57. The van der Waals surface area contributed by atoms with E-state index in [0.717, 1.165) is 0 Å². The third kappa shape index (κ3) is 3.45. The number of ether oxygens (including phenoxy) is 1. The van der Waals surface area contributed by atoms with Gasteiger partial charge in [0.25, 0.3) is 0 Å². The summed E-state index contributed by atoms with van der Waals surface area (Å²) in [4.78, 5) is 20.7. The van der Waals surface area contributed by atoms with E-state index in [0.29, 0.717) is 5.56 Å². The fraction of sp³-hybridized carbons (Fsp3) is 0.111. The number of carbonyl (C=O) groups is 2. The van der Waals surface area contributed by atoms with Crippen LogP contribution in [-0.4, -0.2) is 16.5 Å². The lowest BCUT2D eigenvalue weighted by Gasteiger charge is -2.01. The maximum atomic E-state index is 10.4. The normalized spacial score (nSPS) is 9.50. The molecule has 1 N–H and O–H groups in total. The zero-order valence-corrected chi connectivity index (χ0v) is 7.82. The van der Waals surface area contributed by atoms with Gasteiger partial charge in [-0.3, -0.25) is 4.79 Å². The van der Waals surface area contributed by atoms with E-state index < -0.39 is 11.4 Å². The van der Waals surface area contributed by atoms with Crippen molar-refractivity contribution >= 4 is 23.0 Å². The quantitative estimate of drug-likeness (QED) is 0.783. The van der Waals surface area contributed by atoms with Crippen LogP contribution in [0.4, 0.5) is 4.79 Å². The average molecular weight is 215 g/mol. The molecule has 14 heavy (non-hydrogen) atoms. The van der Waals surface area contributed by atoms with Gasteiger partial charge in [-0.05, 0) is 17.7 Å². The number of carbonyl (C=O) groups excluding carboxylic acids is 1. The maximum Gasteiger partial charge on any atom is 0.409 e. The van der Waals surface area contributed by atoms with Gasteiger partial charge in [0.2, 0.25) is 0 Å². The monoisotopic (exact) mass is 214 g/mol. The topological polar surface area (TPSA) is 63.6 Å². The van der Waals surface area contributed by atoms with Gasteiger partial charge < -0.3 is 9.84 Å². The highest BCUT2D eigenvalue weighted by Gasteiger charge is 2.03. The Morgan fingerprint density at radius 3 is 2.71 bits per heavy atom. The minimum atomic E-state index is -0.947. The highest BCUT2D eigenvalue weighted by atomic mass is 35.5. The molecule has 1 aromatic rings. The van der Waals surface area contributed by atoms with Gasteiger partial charge in [0.15, 0.2) is 0 Å². The molecule has 0 fully saturated rings. The van der Waals surface area contributed by atoms with Gasteiger partial charge in [0.05, 0.1) is 6.42 Å². The third-order valence-corrected chi connectivity index (χ3v) is 1.53. The minimum Gasteiger partial charge on any atom is -0.481 e. The molecule has 0 heterocycles. The Balaban J connectivity index is 2.78. The molecule has 0 saturated carbocycles. The van der Waals surface area contributed by atoms with Crippen LogP contribution in [0.25, 0.3) is 0 Å². The van der Waals surface area contributed by atoms with Crippen molar-refractivity contribution in [2.75, 3.05) is 0 Å². The van der Waals surface area contributed by atoms with Crippen LogP contribution < -0.4 is 4.74 Å². The molecule has 0 radical (unpaired) electrons. The first-order valence-electron chi connectivity index (χ1n) is 3.76. The van der Waals surface area contributed by atoms with Crippen LogP contribution in [0.1, 0.15) is 5.56 Å². The third-order valence-electron chi connectivity index (χ3n) is 1.45. The van der Waals surface area contributed by atoms with Crippen molar-refractivity contribution in [2.24, 2.45) is 0 Å². The number of halogens is 1. The fourth-order valence-electron chi connectivity index (χ4n) is 0.986. The summed E-state index contributed by atoms with van der Waals surface area (Å²) in [6.07, 6.45) is -0.117. The summed E-state index contributed by atoms with van der Waals surface area (Å²) in [5.41, 5.74) is -0.398. The zero-order chi connectivity index (χ0) is 10.6. The number of carboxylic acids is 1. The summed E-state index contributed by atoms with van der Waals surface area (Å²) in [6, 6.07) is 6.19. The summed E-state index contributed by atoms with van der Waals surface area (Å²) >= 11 is 4.99. The first kappa shape index (κ1) is 10.5. The van der Waals surface area contributed by atoms with Crippen molar-refractivity contribution in [3.05, 3.63) is 29.8 Å². The second-order valence-corrected chi connectivity index (χ2v) is 2.87. The first-order valence-corrected chi connectivity index (χ1v) is 4.14. The van der Waals surface area contributed by atoms with Gasteiger partial charge in [-0.1, -0.05) is 12.1 Å². The van der Waals surface area contributed by atoms with Gasteiger partial charge >= 0.3 is 11.4 Å². The Hall–Kier alpha value is -1.55. The molecule has 0 saturated heterocycles. The predicted molar refractivity (Wildman–Crippen MR) is 49.7 cm³/mol. The van der Waals surface area contributed by atoms with Crippen molar-refractivity contribution < 1.29 is 19.4 Å². The van der Waals surface area contributed by atoms with E-state index in [2.05, 4.69) is 4.74 Å². The molecule has 74 valence electrons. The summed E-state index contributed by atoms with van der Waals surface area (Å²) in [5, 5.41) is 8.51. The molecule has 0 amide bonds. The molecular formula is C9H7ClO4. The van der Waals surface area contributed by atoms with Crippen molar-refractivity contribution in [1.82, 2.24) is 0 Å². The van der Waals surface area contributed by atoms with Gasteiger partial charge in [-0.15, -0.1) is 0 Å². The number of carboxylic acid groups (broad SMARTS) is 1. The number of rotatable bonds is 3. The molecule has 0 aliphatic rings. The average Bonchev–Trinajstić information content (AvgIpc) is 2.01. The van der Waals surface area contributed by atoms with Crippen LogP contribution in [0.5, 0.6) is 5.75 Å². The molecule has 0 spiro atoms. The number of aliphatic carboxylic acids is 1. The standard InChI is InChI=1S/C9H7ClO4/c10-9(13)14-7-3-1-2-6(4-7)5-8(11)12/h1-4H,5H2,(H,11,12). The Morgan fingerprint density at radius 1 is 1.43 bits per heavy atom. The van der Waals surface area contributed by atoms with Crippen LogP contribution in [-0.2, 0) is 11.2 Å². The predicted octanol–water partition coefficient (Wildman–Crippen LogP) is 2.05. The molecular weight excluding hydrogens is 208 g/mol. The number of hydrogen-bond acceptors (Lipinski definition) is 3. The molecule has 0 aliphatic heterocycles. The molecule has 0 bridgehead atoms. The maximum absolute atomic E-state index is 10.4. The second-order valence-electron chi connectivity index (χ2n) is 2.56. The summed E-state index contributed by atoms with van der Waals surface area (Å²) in [5.74, 6) is -0.705. The van der Waals surface area contributed by atoms with Crippen LogP contribution in [0.2, 0.25) is 0 Å². The summed E-state index contributed by atoms with van der Waals surface area (Å²) in [6.45, 7) is 0.